The maximum Gasteiger partial charge on any atom is 0.261 e. The highest BCUT2D eigenvalue weighted by atomic mass is 35.5. The van der Waals surface area contributed by atoms with Crippen molar-refractivity contribution in [3.63, 3.8) is 0 Å². The molecule has 3 rings (SSSR count). The van der Waals surface area contributed by atoms with Crippen LogP contribution in [0.25, 0.3) is 0 Å². The van der Waals surface area contributed by atoms with Gasteiger partial charge in [-0.3, -0.25) is 4.79 Å². The second kappa shape index (κ2) is 6.37. The van der Waals surface area contributed by atoms with E-state index in [4.69, 9.17) is 23.2 Å². The molecule has 1 fully saturated rings. The van der Waals surface area contributed by atoms with Crippen molar-refractivity contribution >= 4 is 29.1 Å². The summed E-state index contributed by atoms with van der Waals surface area (Å²) in [7, 11) is 1.49. The van der Waals surface area contributed by atoms with Gasteiger partial charge in [-0.1, -0.05) is 23.2 Å². The predicted molar refractivity (Wildman–Crippen MR) is 92.0 cm³/mol. The van der Waals surface area contributed by atoms with Crippen LogP contribution in [0.5, 0.6) is 0 Å². The maximum absolute atomic E-state index is 14.3. The second-order valence-electron chi connectivity index (χ2n) is 6.20. The number of aromatic nitrogens is 2. The van der Waals surface area contributed by atoms with Crippen LogP contribution >= 0.6 is 23.2 Å². The van der Waals surface area contributed by atoms with Gasteiger partial charge >= 0.3 is 0 Å². The Morgan fingerprint density at radius 3 is 2.38 bits per heavy atom. The Labute approximate surface area is 150 Å². The number of carbonyl (C=O) groups is 1. The average molecular weight is 370 g/mol. The lowest BCUT2D eigenvalue weighted by Gasteiger charge is -2.30. The fraction of sp³-hybridized carbons (Fsp3) is 0.412. The van der Waals surface area contributed by atoms with Crippen molar-refractivity contribution in [2.45, 2.75) is 38.8 Å². The number of aryl methyl sites for hydroxylation is 2. The molecule has 1 aliphatic rings. The first-order chi connectivity index (χ1) is 11.3. The molecule has 0 radical (unpaired) electrons. The first-order valence-corrected chi connectivity index (χ1v) is 8.53. The lowest BCUT2D eigenvalue weighted by Crippen LogP contribution is -2.36. The van der Waals surface area contributed by atoms with E-state index in [0.717, 1.165) is 23.1 Å². The summed E-state index contributed by atoms with van der Waals surface area (Å²) in [5, 5.41) is 5.03. The van der Waals surface area contributed by atoms with Crippen LogP contribution in [-0.2, 0) is 7.05 Å². The van der Waals surface area contributed by atoms with Gasteiger partial charge in [-0.15, -0.1) is 0 Å². The van der Waals surface area contributed by atoms with E-state index in [1.807, 2.05) is 6.92 Å². The van der Waals surface area contributed by atoms with Crippen LogP contribution in [0.1, 0.15) is 47.4 Å². The number of hydrogen-bond donors (Lipinski definition) is 0. The van der Waals surface area contributed by atoms with E-state index in [2.05, 4.69) is 5.10 Å². The van der Waals surface area contributed by atoms with E-state index in [-0.39, 0.29) is 23.6 Å². The zero-order valence-electron chi connectivity index (χ0n) is 13.7. The molecule has 7 heteroatoms. The fourth-order valence-electron chi connectivity index (χ4n) is 2.99. The molecule has 0 bridgehead atoms. The van der Waals surface area contributed by atoms with Gasteiger partial charge < -0.3 is 4.90 Å². The fourth-order valence-corrected chi connectivity index (χ4v) is 3.53. The molecule has 24 heavy (non-hydrogen) atoms. The van der Waals surface area contributed by atoms with Crippen LogP contribution in [0.2, 0.25) is 10.0 Å². The van der Waals surface area contributed by atoms with Crippen molar-refractivity contribution in [3.8, 4) is 0 Å². The summed E-state index contributed by atoms with van der Waals surface area (Å²) in [6, 6.07) is 5.05. The molecule has 1 unspecified atom stereocenters. The standard InChI is InChI=1S/C17H18Cl2FN3O/c1-9-15(16(20)22(3)21-9)17(24)23(14-4-5-14)10(2)11-6-12(18)8-13(19)7-11/h6-8,10,14H,4-5H2,1-3H3. The van der Waals surface area contributed by atoms with Crippen LogP contribution in [0.15, 0.2) is 18.2 Å². The molecular formula is C17H18Cl2FN3O. The third kappa shape index (κ3) is 3.15. The molecule has 0 aliphatic heterocycles. The molecule has 0 spiro atoms. The Bertz CT molecular complexity index is 781. The zero-order chi connectivity index (χ0) is 17.6. The second-order valence-corrected chi connectivity index (χ2v) is 7.07. The van der Waals surface area contributed by atoms with E-state index in [1.165, 1.54) is 7.05 Å². The number of halogens is 3. The van der Waals surface area contributed by atoms with Gasteiger partial charge in [-0.25, -0.2) is 4.68 Å². The molecule has 1 aromatic heterocycles. The zero-order valence-corrected chi connectivity index (χ0v) is 15.2. The minimum absolute atomic E-state index is 0.0318. The van der Waals surface area contributed by atoms with Gasteiger partial charge in [0.05, 0.1) is 11.7 Å². The monoisotopic (exact) mass is 369 g/mol. The molecule has 1 aromatic carbocycles. The minimum Gasteiger partial charge on any atom is -0.329 e. The highest BCUT2D eigenvalue weighted by molar-refractivity contribution is 6.34. The largest absolute Gasteiger partial charge is 0.329 e. The van der Waals surface area contributed by atoms with Crippen molar-refractivity contribution in [1.29, 1.82) is 0 Å². The quantitative estimate of drug-likeness (QED) is 0.793. The molecule has 1 aliphatic carbocycles. The van der Waals surface area contributed by atoms with E-state index in [0.29, 0.717) is 15.7 Å². The molecule has 1 amide bonds. The Kier molecular flexibility index (Phi) is 4.58. The first-order valence-electron chi connectivity index (χ1n) is 7.77. The van der Waals surface area contributed by atoms with Crippen LogP contribution in [-0.4, -0.2) is 26.6 Å². The summed E-state index contributed by atoms with van der Waals surface area (Å²) >= 11 is 12.2. The van der Waals surface area contributed by atoms with Crippen molar-refractivity contribution in [1.82, 2.24) is 14.7 Å². The first kappa shape index (κ1) is 17.2. The molecule has 1 atom stereocenters. The van der Waals surface area contributed by atoms with Crippen LogP contribution in [0.4, 0.5) is 4.39 Å². The Morgan fingerprint density at radius 2 is 1.92 bits per heavy atom. The summed E-state index contributed by atoms with van der Waals surface area (Å²) in [5.41, 5.74) is 1.25. The molecule has 1 heterocycles. The van der Waals surface area contributed by atoms with Gasteiger partial charge in [0.2, 0.25) is 5.95 Å². The average Bonchev–Trinajstić information content (AvgIpc) is 3.26. The molecule has 2 aromatic rings. The summed E-state index contributed by atoms with van der Waals surface area (Å²) < 4.78 is 15.4. The van der Waals surface area contributed by atoms with E-state index >= 15 is 0 Å². The Hall–Kier alpha value is -1.59. The normalized spacial score (nSPS) is 15.4. The minimum atomic E-state index is -0.612. The maximum atomic E-state index is 14.3. The molecule has 1 saturated carbocycles. The highest BCUT2D eigenvalue weighted by Crippen LogP contribution is 2.37. The number of nitrogens with zero attached hydrogens (tertiary/aromatic N) is 3. The molecule has 128 valence electrons. The van der Waals surface area contributed by atoms with Crippen LogP contribution in [0.3, 0.4) is 0 Å². The molecule has 4 nitrogen and oxygen atoms in total. The smallest absolute Gasteiger partial charge is 0.261 e. The topological polar surface area (TPSA) is 38.1 Å². The predicted octanol–water partition coefficient (Wildman–Crippen LogP) is 4.54. The lowest BCUT2D eigenvalue weighted by atomic mass is 10.1. The summed E-state index contributed by atoms with van der Waals surface area (Å²) in [6.07, 6.45) is 1.82. The lowest BCUT2D eigenvalue weighted by molar-refractivity contribution is 0.0667. The Morgan fingerprint density at radius 1 is 1.33 bits per heavy atom. The van der Waals surface area contributed by atoms with Gasteiger partial charge in [-0.05, 0) is 50.5 Å². The van der Waals surface area contributed by atoms with Gasteiger partial charge in [0.1, 0.15) is 5.56 Å². The number of rotatable bonds is 4. The number of amides is 1. The molecule has 0 saturated heterocycles. The third-order valence-electron chi connectivity index (χ3n) is 4.33. The summed E-state index contributed by atoms with van der Waals surface area (Å²) in [5.74, 6) is -0.955. The Balaban J connectivity index is 1.99. The van der Waals surface area contributed by atoms with Crippen molar-refractivity contribution < 1.29 is 9.18 Å². The van der Waals surface area contributed by atoms with Crippen molar-refractivity contribution in [2.75, 3.05) is 0 Å². The van der Waals surface area contributed by atoms with E-state index in [9.17, 15) is 9.18 Å². The van der Waals surface area contributed by atoms with Gasteiger partial charge in [0, 0.05) is 23.1 Å². The number of benzene rings is 1. The van der Waals surface area contributed by atoms with Gasteiger partial charge in [0.15, 0.2) is 0 Å². The highest BCUT2D eigenvalue weighted by Gasteiger charge is 2.39. The van der Waals surface area contributed by atoms with Crippen LogP contribution < -0.4 is 0 Å². The van der Waals surface area contributed by atoms with Crippen molar-refractivity contribution in [2.24, 2.45) is 7.05 Å². The van der Waals surface area contributed by atoms with Crippen LogP contribution in [0, 0.1) is 12.9 Å². The summed E-state index contributed by atoms with van der Waals surface area (Å²) in [6.45, 7) is 3.55. The van der Waals surface area contributed by atoms with E-state index < -0.39 is 5.95 Å². The number of carbonyl (C=O) groups excluding carboxylic acids is 1. The number of hydrogen-bond acceptors (Lipinski definition) is 2. The van der Waals surface area contributed by atoms with Crippen molar-refractivity contribution in [3.05, 3.63) is 51.0 Å². The van der Waals surface area contributed by atoms with E-state index in [1.54, 1.807) is 30.0 Å². The SMILES string of the molecule is Cc1nn(C)c(F)c1C(=O)N(C1CC1)C(C)c1cc(Cl)cc(Cl)c1. The molecule has 0 N–H and O–H groups in total. The molecular weight excluding hydrogens is 352 g/mol. The third-order valence-corrected chi connectivity index (χ3v) is 4.76. The summed E-state index contributed by atoms with van der Waals surface area (Å²) in [4.78, 5) is 14.7. The van der Waals surface area contributed by atoms with Gasteiger partial charge in [0.25, 0.3) is 5.91 Å². The van der Waals surface area contributed by atoms with Gasteiger partial charge in [-0.2, -0.15) is 9.49 Å².